The maximum absolute atomic E-state index is 11.9. The minimum absolute atomic E-state index is 0.347. The fraction of sp³-hybridized carbons (Fsp3) is 0. The van der Waals surface area contributed by atoms with Gasteiger partial charge in [0.1, 0.15) is 5.75 Å². The smallest absolute Gasteiger partial charge is 0.336 e. The Morgan fingerprint density at radius 2 is 1.71 bits per heavy atom. The molecule has 3 rings (SSSR count). The van der Waals surface area contributed by atoms with Crippen molar-refractivity contribution in [3.05, 3.63) is 102 Å². The Kier molecular flexibility index (Phi) is 6.41. The summed E-state index contributed by atoms with van der Waals surface area (Å²) in [6.07, 6.45) is 7.61. The maximum atomic E-state index is 11.9. The Bertz CT molecular complexity index is 983. The second-order valence-corrected chi connectivity index (χ2v) is 5.67. The van der Waals surface area contributed by atoms with Gasteiger partial charge in [0.2, 0.25) is 0 Å². The van der Waals surface area contributed by atoms with Gasteiger partial charge < -0.3 is 4.74 Å². The first-order chi connectivity index (χ1) is 13.7. The van der Waals surface area contributed by atoms with Crippen LogP contribution in [0.25, 0.3) is 6.08 Å². The van der Waals surface area contributed by atoms with Crippen molar-refractivity contribution >= 4 is 24.2 Å². The Balaban J connectivity index is 1.51. The molecule has 138 valence electrons. The predicted octanol–water partition coefficient (Wildman–Crippen LogP) is 3.46. The minimum atomic E-state index is -0.464. The van der Waals surface area contributed by atoms with E-state index in [1.165, 1.54) is 18.5 Å². The number of pyridine rings is 1. The lowest BCUT2D eigenvalue weighted by atomic mass is 10.2. The highest BCUT2D eigenvalue weighted by Crippen LogP contribution is 2.12. The third kappa shape index (κ3) is 5.74. The summed E-state index contributed by atoms with van der Waals surface area (Å²) in [5, 5.41) is 3.90. The van der Waals surface area contributed by atoms with Gasteiger partial charge in [-0.05, 0) is 53.6 Å². The van der Waals surface area contributed by atoms with E-state index in [-0.39, 0.29) is 5.91 Å². The van der Waals surface area contributed by atoms with Crippen LogP contribution in [0.15, 0.2) is 90.3 Å². The quantitative estimate of drug-likeness (QED) is 0.237. The minimum Gasteiger partial charge on any atom is -0.423 e. The van der Waals surface area contributed by atoms with Crippen LogP contribution in [-0.2, 0) is 4.79 Å². The molecule has 1 amide bonds. The van der Waals surface area contributed by atoms with Crippen molar-refractivity contribution in [1.82, 2.24) is 10.4 Å². The number of rotatable bonds is 6. The molecule has 3 aromatic rings. The van der Waals surface area contributed by atoms with Crippen LogP contribution < -0.4 is 10.2 Å². The molecule has 0 aliphatic heterocycles. The molecule has 6 nitrogen and oxygen atoms in total. The largest absolute Gasteiger partial charge is 0.423 e. The number of hydrazone groups is 1. The number of amides is 1. The molecule has 0 bridgehead atoms. The number of carbonyl (C=O) groups excluding carboxylic acids is 2. The zero-order valence-electron chi connectivity index (χ0n) is 14.9. The van der Waals surface area contributed by atoms with E-state index in [4.69, 9.17) is 4.74 Å². The maximum Gasteiger partial charge on any atom is 0.336 e. The van der Waals surface area contributed by atoms with Gasteiger partial charge in [-0.25, -0.2) is 10.2 Å². The molecule has 0 spiro atoms. The third-order valence-corrected chi connectivity index (χ3v) is 3.61. The average Bonchev–Trinajstić information content (AvgIpc) is 2.75. The molecular weight excluding hydrogens is 354 g/mol. The van der Waals surface area contributed by atoms with E-state index >= 15 is 0 Å². The molecule has 0 aliphatic rings. The monoisotopic (exact) mass is 371 g/mol. The van der Waals surface area contributed by atoms with Gasteiger partial charge >= 0.3 is 5.97 Å². The molecule has 2 aromatic carbocycles. The van der Waals surface area contributed by atoms with E-state index in [0.717, 1.165) is 11.1 Å². The molecule has 1 heterocycles. The van der Waals surface area contributed by atoms with Crippen LogP contribution in [0.1, 0.15) is 21.5 Å². The molecule has 0 saturated carbocycles. The normalized spacial score (nSPS) is 10.9. The highest BCUT2D eigenvalue weighted by atomic mass is 16.5. The van der Waals surface area contributed by atoms with E-state index in [2.05, 4.69) is 15.5 Å². The van der Waals surface area contributed by atoms with Crippen LogP contribution in [0.5, 0.6) is 5.75 Å². The van der Waals surface area contributed by atoms with Gasteiger partial charge in [-0.1, -0.05) is 30.3 Å². The van der Waals surface area contributed by atoms with E-state index in [1.54, 1.807) is 48.7 Å². The standard InChI is InChI=1S/C22H17N3O3/c26-21(13-10-17-5-2-1-3-6-17)28-20-11-8-18(9-12-20)15-24-25-22(27)19-7-4-14-23-16-19/h1-16H,(H,25,27). The number of aromatic nitrogens is 1. The number of benzene rings is 2. The number of carbonyl (C=O) groups is 2. The first kappa shape index (κ1) is 18.7. The summed E-state index contributed by atoms with van der Waals surface area (Å²) in [6, 6.07) is 19.6. The molecule has 0 unspecified atom stereocenters. The summed E-state index contributed by atoms with van der Waals surface area (Å²) in [5.74, 6) is -0.395. The summed E-state index contributed by atoms with van der Waals surface area (Å²) in [6.45, 7) is 0. The van der Waals surface area contributed by atoms with Crippen LogP contribution in [-0.4, -0.2) is 23.1 Å². The summed E-state index contributed by atoms with van der Waals surface area (Å²) in [7, 11) is 0. The van der Waals surface area contributed by atoms with Crippen LogP contribution in [0, 0.1) is 0 Å². The lowest BCUT2D eigenvalue weighted by Gasteiger charge is -2.02. The van der Waals surface area contributed by atoms with Crippen LogP contribution in [0.3, 0.4) is 0 Å². The molecule has 0 aliphatic carbocycles. The number of ether oxygens (including phenoxy) is 1. The lowest BCUT2D eigenvalue weighted by Crippen LogP contribution is -2.17. The van der Waals surface area contributed by atoms with Crippen molar-refractivity contribution in [2.24, 2.45) is 5.10 Å². The molecule has 0 radical (unpaired) electrons. The van der Waals surface area contributed by atoms with Gasteiger partial charge in [-0.2, -0.15) is 5.10 Å². The first-order valence-corrected chi connectivity index (χ1v) is 8.49. The number of hydrogen-bond donors (Lipinski definition) is 1. The van der Waals surface area contributed by atoms with Crippen LogP contribution in [0.2, 0.25) is 0 Å². The summed E-state index contributed by atoms with van der Waals surface area (Å²) in [5.41, 5.74) is 4.50. The highest BCUT2D eigenvalue weighted by Gasteiger charge is 2.03. The zero-order valence-corrected chi connectivity index (χ0v) is 14.9. The first-order valence-electron chi connectivity index (χ1n) is 8.49. The molecule has 28 heavy (non-hydrogen) atoms. The van der Waals surface area contributed by atoms with Gasteiger partial charge in [0.15, 0.2) is 0 Å². The highest BCUT2D eigenvalue weighted by molar-refractivity contribution is 5.94. The molecule has 0 atom stereocenters. The van der Waals surface area contributed by atoms with Crippen LogP contribution >= 0.6 is 0 Å². The Morgan fingerprint density at radius 1 is 0.929 bits per heavy atom. The van der Waals surface area contributed by atoms with Gasteiger partial charge in [0.25, 0.3) is 5.91 Å². The number of nitrogens with zero attached hydrogens (tertiary/aromatic N) is 2. The number of nitrogens with one attached hydrogen (secondary N) is 1. The molecular formula is C22H17N3O3. The lowest BCUT2D eigenvalue weighted by molar-refractivity contribution is -0.128. The molecule has 0 fully saturated rings. The average molecular weight is 371 g/mol. The molecule has 1 N–H and O–H groups in total. The van der Waals surface area contributed by atoms with Crippen molar-refractivity contribution in [2.75, 3.05) is 0 Å². The van der Waals surface area contributed by atoms with Gasteiger partial charge in [0, 0.05) is 18.5 Å². The number of esters is 1. The van der Waals surface area contributed by atoms with Gasteiger partial charge in [-0.15, -0.1) is 0 Å². The fourth-order valence-electron chi connectivity index (χ4n) is 2.23. The summed E-state index contributed by atoms with van der Waals surface area (Å²) in [4.78, 5) is 27.6. The van der Waals surface area contributed by atoms with Gasteiger partial charge in [0.05, 0.1) is 11.8 Å². The topological polar surface area (TPSA) is 80.6 Å². The molecule has 1 aromatic heterocycles. The van der Waals surface area contributed by atoms with Crippen molar-refractivity contribution in [3.63, 3.8) is 0 Å². The zero-order chi connectivity index (χ0) is 19.6. The summed E-state index contributed by atoms with van der Waals surface area (Å²) >= 11 is 0. The Hall–Kier alpha value is -4.06. The van der Waals surface area contributed by atoms with Crippen molar-refractivity contribution in [2.45, 2.75) is 0 Å². The van der Waals surface area contributed by atoms with Crippen LogP contribution in [0.4, 0.5) is 0 Å². The van der Waals surface area contributed by atoms with Crippen molar-refractivity contribution in [3.8, 4) is 5.75 Å². The van der Waals surface area contributed by atoms with E-state index in [1.807, 2.05) is 30.3 Å². The van der Waals surface area contributed by atoms with Gasteiger partial charge in [-0.3, -0.25) is 9.78 Å². The Labute approximate surface area is 162 Å². The van der Waals surface area contributed by atoms with E-state index in [9.17, 15) is 9.59 Å². The number of hydrogen-bond acceptors (Lipinski definition) is 5. The third-order valence-electron chi connectivity index (χ3n) is 3.61. The van der Waals surface area contributed by atoms with Crippen molar-refractivity contribution < 1.29 is 14.3 Å². The summed E-state index contributed by atoms with van der Waals surface area (Å²) < 4.78 is 5.24. The second kappa shape index (κ2) is 9.59. The van der Waals surface area contributed by atoms with Crippen molar-refractivity contribution in [1.29, 1.82) is 0 Å². The SMILES string of the molecule is O=C(C=Cc1ccccc1)Oc1ccc(C=NNC(=O)c2cccnc2)cc1. The molecule has 0 saturated heterocycles. The fourth-order valence-corrected chi connectivity index (χ4v) is 2.23. The predicted molar refractivity (Wildman–Crippen MR) is 107 cm³/mol. The van der Waals surface area contributed by atoms with E-state index in [0.29, 0.717) is 11.3 Å². The second-order valence-electron chi connectivity index (χ2n) is 5.67. The van der Waals surface area contributed by atoms with E-state index < -0.39 is 5.97 Å². The Morgan fingerprint density at radius 3 is 2.43 bits per heavy atom. The molecule has 6 heteroatoms.